The van der Waals surface area contributed by atoms with Crippen LogP contribution < -0.4 is 4.72 Å². The Hall–Kier alpha value is -3.91. The third-order valence-electron chi connectivity index (χ3n) is 4.05. The molecule has 0 spiro atoms. The van der Waals surface area contributed by atoms with Crippen molar-refractivity contribution in [1.29, 1.82) is 0 Å². The van der Waals surface area contributed by atoms with Crippen molar-refractivity contribution in [3.63, 3.8) is 0 Å². The van der Waals surface area contributed by atoms with Crippen LogP contribution in [0.15, 0.2) is 47.9 Å². The Kier molecular flexibility index (Phi) is 4.85. The van der Waals surface area contributed by atoms with Crippen LogP contribution in [0.1, 0.15) is 16.8 Å². The van der Waals surface area contributed by atoms with Gasteiger partial charge in [0, 0.05) is 23.3 Å². The largest absolute Gasteiger partial charge is 0.265 e. The summed E-state index contributed by atoms with van der Waals surface area (Å²) >= 11 is 0. The van der Waals surface area contributed by atoms with Gasteiger partial charge in [0.1, 0.15) is 10.7 Å². The lowest BCUT2D eigenvalue weighted by atomic mass is 10.2. The van der Waals surface area contributed by atoms with Crippen LogP contribution in [-0.4, -0.2) is 33.6 Å². The maximum atomic E-state index is 14.8. The van der Waals surface area contributed by atoms with Crippen LogP contribution in [-0.2, 0) is 10.0 Å². The third kappa shape index (κ3) is 3.81. The van der Waals surface area contributed by atoms with Crippen molar-refractivity contribution in [2.24, 2.45) is 0 Å². The number of hydrogen-bond acceptors (Lipinski definition) is 6. The van der Waals surface area contributed by atoms with Crippen LogP contribution in [0.25, 0.3) is 11.0 Å². The first-order valence-corrected chi connectivity index (χ1v) is 9.92. The lowest BCUT2D eigenvalue weighted by Crippen LogP contribution is -2.17. The maximum absolute atomic E-state index is 14.8. The Morgan fingerprint density at radius 3 is 2.73 bits per heavy atom. The molecule has 0 aliphatic heterocycles. The van der Waals surface area contributed by atoms with Gasteiger partial charge in [0.15, 0.2) is 17.3 Å². The van der Waals surface area contributed by atoms with Crippen LogP contribution >= 0.6 is 0 Å². The van der Waals surface area contributed by atoms with Crippen molar-refractivity contribution in [3.8, 4) is 11.8 Å². The number of fused-ring (bicyclic) bond motifs is 1. The van der Waals surface area contributed by atoms with Gasteiger partial charge in [-0.3, -0.25) is 14.8 Å². The molecule has 11 heteroatoms. The minimum absolute atomic E-state index is 0.0578. The van der Waals surface area contributed by atoms with Gasteiger partial charge >= 0.3 is 0 Å². The van der Waals surface area contributed by atoms with E-state index in [2.05, 4.69) is 37.0 Å². The average Bonchev–Trinajstić information content (AvgIpc) is 3.18. The number of anilines is 1. The van der Waals surface area contributed by atoms with Crippen molar-refractivity contribution in [1.82, 2.24) is 25.1 Å². The molecule has 0 bridgehead atoms. The number of halogens is 2. The Morgan fingerprint density at radius 1 is 1.07 bits per heavy atom. The van der Waals surface area contributed by atoms with E-state index in [0.717, 1.165) is 17.6 Å². The first kappa shape index (κ1) is 19.4. The summed E-state index contributed by atoms with van der Waals surface area (Å²) in [5, 5.41) is 7.31. The molecular weight excluding hydrogens is 414 g/mol. The molecule has 0 aliphatic carbocycles. The molecule has 4 rings (SSSR count). The van der Waals surface area contributed by atoms with E-state index in [1.54, 1.807) is 12.3 Å². The molecule has 2 N–H and O–H groups in total. The first-order valence-electron chi connectivity index (χ1n) is 8.44. The number of nitrogens with zero attached hydrogens (tertiary/aromatic N) is 4. The Labute approximate surface area is 169 Å². The summed E-state index contributed by atoms with van der Waals surface area (Å²) < 4.78 is 55.3. The number of aromatic amines is 1. The molecule has 30 heavy (non-hydrogen) atoms. The fourth-order valence-electron chi connectivity index (χ4n) is 2.60. The zero-order valence-electron chi connectivity index (χ0n) is 15.3. The molecule has 0 aromatic carbocycles. The van der Waals surface area contributed by atoms with Gasteiger partial charge in [0.2, 0.25) is 0 Å². The van der Waals surface area contributed by atoms with Crippen molar-refractivity contribution in [2.45, 2.75) is 11.8 Å². The normalized spacial score (nSPS) is 11.2. The fraction of sp³-hybridized carbons (Fsp3) is 0.0526. The van der Waals surface area contributed by atoms with E-state index in [9.17, 15) is 17.2 Å². The summed E-state index contributed by atoms with van der Waals surface area (Å²) in [5.41, 5.74) is 1.09. The van der Waals surface area contributed by atoms with Gasteiger partial charge in [-0.2, -0.15) is 5.10 Å². The summed E-state index contributed by atoms with van der Waals surface area (Å²) in [6, 6.07) is 3.82. The summed E-state index contributed by atoms with van der Waals surface area (Å²) in [5.74, 6) is 3.03. The minimum atomic E-state index is -4.31. The topological polar surface area (TPSA) is 114 Å². The van der Waals surface area contributed by atoms with E-state index in [4.69, 9.17) is 0 Å². The van der Waals surface area contributed by atoms with Gasteiger partial charge < -0.3 is 0 Å². The third-order valence-corrected chi connectivity index (χ3v) is 5.50. The Bertz CT molecular complexity index is 1440. The SMILES string of the molecule is Cc1ncc(F)cc1S(=O)(=O)Nc1nccc(C#Cc2cnc3[nH]ncc3c2)c1F. The van der Waals surface area contributed by atoms with E-state index >= 15 is 0 Å². The van der Waals surface area contributed by atoms with Crippen LogP contribution in [0, 0.1) is 30.4 Å². The van der Waals surface area contributed by atoms with Crippen LogP contribution in [0.2, 0.25) is 0 Å². The molecule has 4 aromatic rings. The molecular formula is C19H12F2N6O2S. The number of pyridine rings is 3. The molecule has 0 aliphatic rings. The molecule has 0 saturated carbocycles. The van der Waals surface area contributed by atoms with Crippen LogP contribution in [0.5, 0.6) is 0 Å². The number of rotatable bonds is 3. The van der Waals surface area contributed by atoms with E-state index in [1.165, 1.54) is 25.4 Å². The predicted molar refractivity (Wildman–Crippen MR) is 104 cm³/mol. The van der Waals surface area contributed by atoms with E-state index in [-0.39, 0.29) is 11.3 Å². The zero-order valence-corrected chi connectivity index (χ0v) is 16.1. The van der Waals surface area contributed by atoms with Gasteiger partial charge in [0.25, 0.3) is 10.0 Å². The molecule has 0 saturated heterocycles. The quantitative estimate of drug-likeness (QED) is 0.487. The predicted octanol–water partition coefficient (Wildman–Crippen LogP) is 2.54. The highest BCUT2D eigenvalue weighted by atomic mass is 32.2. The van der Waals surface area contributed by atoms with Crippen molar-refractivity contribution in [2.75, 3.05) is 4.72 Å². The van der Waals surface area contributed by atoms with Gasteiger partial charge in [-0.15, -0.1) is 0 Å². The molecule has 150 valence electrons. The molecule has 0 amide bonds. The second-order valence-corrected chi connectivity index (χ2v) is 7.80. The molecule has 0 radical (unpaired) electrons. The molecule has 8 nitrogen and oxygen atoms in total. The Balaban J connectivity index is 1.66. The molecule has 0 unspecified atom stereocenters. The second kappa shape index (κ2) is 7.49. The van der Waals surface area contributed by atoms with E-state index in [1.807, 2.05) is 4.72 Å². The smallest absolute Gasteiger partial charge is 0.261 e. The zero-order chi connectivity index (χ0) is 21.3. The van der Waals surface area contributed by atoms with Gasteiger partial charge in [0.05, 0.1) is 23.7 Å². The summed E-state index contributed by atoms with van der Waals surface area (Å²) in [6.07, 6.45) is 5.17. The standard InChI is InChI=1S/C19H12F2N6O2S/c1-11-16(7-15(20)10-23-11)30(28,29)27-19-17(21)13(4-5-22-19)3-2-12-6-14-9-25-26-18(14)24-8-12/h4-10H,1H3,(H,22,27)(H,24,25,26). The van der Waals surface area contributed by atoms with E-state index < -0.39 is 32.4 Å². The maximum Gasteiger partial charge on any atom is 0.265 e. The number of aromatic nitrogens is 5. The summed E-state index contributed by atoms with van der Waals surface area (Å²) in [4.78, 5) is 11.1. The second-order valence-electron chi connectivity index (χ2n) is 6.15. The number of nitrogens with one attached hydrogen (secondary N) is 2. The number of hydrogen-bond donors (Lipinski definition) is 2. The van der Waals surface area contributed by atoms with E-state index in [0.29, 0.717) is 11.2 Å². The molecule has 4 heterocycles. The van der Waals surface area contributed by atoms with Crippen LogP contribution in [0.4, 0.5) is 14.6 Å². The lowest BCUT2D eigenvalue weighted by Gasteiger charge is -2.10. The highest BCUT2D eigenvalue weighted by molar-refractivity contribution is 7.92. The minimum Gasteiger partial charge on any atom is -0.261 e. The Morgan fingerprint density at radius 2 is 1.90 bits per heavy atom. The first-order chi connectivity index (χ1) is 14.3. The summed E-state index contributed by atoms with van der Waals surface area (Å²) in [7, 11) is -4.31. The van der Waals surface area contributed by atoms with Crippen molar-refractivity contribution in [3.05, 3.63) is 71.4 Å². The fourth-order valence-corrected chi connectivity index (χ4v) is 3.82. The number of sulfonamides is 1. The monoisotopic (exact) mass is 426 g/mol. The lowest BCUT2D eigenvalue weighted by molar-refractivity contribution is 0.588. The summed E-state index contributed by atoms with van der Waals surface area (Å²) in [6.45, 7) is 1.39. The van der Waals surface area contributed by atoms with Gasteiger partial charge in [-0.05, 0) is 25.1 Å². The highest BCUT2D eigenvalue weighted by Gasteiger charge is 2.22. The molecule has 0 atom stereocenters. The molecule has 0 fully saturated rings. The average molecular weight is 426 g/mol. The van der Waals surface area contributed by atoms with Crippen LogP contribution in [0.3, 0.4) is 0 Å². The number of H-pyrrole nitrogens is 1. The van der Waals surface area contributed by atoms with Gasteiger partial charge in [-0.25, -0.2) is 27.2 Å². The van der Waals surface area contributed by atoms with Gasteiger partial charge in [-0.1, -0.05) is 11.8 Å². The van der Waals surface area contributed by atoms with Crippen molar-refractivity contribution < 1.29 is 17.2 Å². The number of aryl methyl sites for hydroxylation is 1. The highest BCUT2D eigenvalue weighted by Crippen LogP contribution is 2.21. The molecule has 4 aromatic heterocycles. The van der Waals surface area contributed by atoms with Crippen molar-refractivity contribution >= 4 is 26.9 Å².